The van der Waals surface area contributed by atoms with Gasteiger partial charge in [-0.2, -0.15) is 11.8 Å². The lowest BCUT2D eigenvalue weighted by atomic mass is 10.3. The number of carbonyl (C=O) groups is 1. The van der Waals surface area contributed by atoms with Gasteiger partial charge < -0.3 is 10.6 Å². The van der Waals surface area contributed by atoms with Crippen LogP contribution in [0.25, 0.3) is 10.2 Å². The van der Waals surface area contributed by atoms with Crippen molar-refractivity contribution in [2.45, 2.75) is 6.42 Å². The molecule has 23 heavy (non-hydrogen) atoms. The molecule has 2 aromatic rings. The molecule has 1 heterocycles. The molecule has 0 fully saturated rings. The predicted molar refractivity (Wildman–Crippen MR) is 103 cm³/mol. The molecule has 0 bridgehead atoms. The summed E-state index contributed by atoms with van der Waals surface area (Å²) in [6, 6.07) is 7.85. The zero-order chi connectivity index (χ0) is 16.5. The van der Waals surface area contributed by atoms with Gasteiger partial charge in [-0.1, -0.05) is 23.5 Å². The monoisotopic (exact) mass is 369 g/mol. The van der Waals surface area contributed by atoms with E-state index in [2.05, 4.69) is 32.7 Å². The summed E-state index contributed by atoms with van der Waals surface area (Å²) in [7, 11) is 0. The zero-order valence-corrected chi connectivity index (χ0v) is 15.2. The van der Waals surface area contributed by atoms with Gasteiger partial charge in [0.25, 0.3) is 5.91 Å². The second kappa shape index (κ2) is 9.53. The van der Waals surface area contributed by atoms with Crippen molar-refractivity contribution in [3.05, 3.63) is 24.3 Å². The van der Waals surface area contributed by atoms with Gasteiger partial charge in [-0.3, -0.25) is 15.6 Å². The number of thiazole rings is 1. The lowest BCUT2D eigenvalue weighted by molar-refractivity contribution is -0.119. The minimum Gasteiger partial charge on any atom is -0.361 e. The number of thiocarbonyl (C=S) groups is 1. The van der Waals surface area contributed by atoms with E-state index < -0.39 is 0 Å². The summed E-state index contributed by atoms with van der Waals surface area (Å²) in [6.07, 6.45) is 3.09. The highest BCUT2D eigenvalue weighted by Crippen LogP contribution is 2.24. The number of carbonyl (C=O) groups excluding carboxylic acids is 1. The molecule has 9 heteroatoms. The van der Waals surface area contributed by atoms with Gasteiger partial charge in [-0.15, -0.1) is 0 Å². The average Bonchev–Trinajstić information content (AvgIpc) is 2.98. The van der Waals surface area contributed by atoms with E-state index >= 15 is 0 Å². The Morgan fingerprint density at radius 2 is 2.17 bits per heavy atom. The number of aromatic nitrogens is 1. The molecule has 0 saturated carbocycles. The fourth-order valence-corrected chi connectivity index (χ4v) is 3.18. The van der Waals surface area contributed by atoms with Crippen molar-refractivity contribution in [3.63, 3.8) is 0 Å². The topological polar surface area (TPSA) is 78.1 Å². The number of anilines is 1. The van der Waals surface area contributed by atoms with E-state index in [-0.39, 0.29) is 12.5 Å². The van der Waals surface area contributed by atoms with E-state index in [0.717, 1.165) is 34.1 Å². The van der Waals surface area contributed by atoms with Crippen molar-refractivity contribution < 1.29 is 4.79 Å². The first-order chi connectivity index (χ1) is 11.2. The third-order valence-electron chi connectivity index (χ3n) is 2.82. The summed E-state index contributed by atoms with van der Waals surface area (Å²) >= 11 is 8.38. The summed E-state index contributed by atoms with van der Waals surface area (Å²) < 4.78 is 1.09. The highest BCUT2D eigenvalue weighted by Gasteiger charge is 2.05. The number of para-hydroxylation sites is 1. The number of hydrogen-bond acceptors (Lipinski definition) is 6. The van der Waals surface area contributed by atoms with Crippen LogP contribution in [0.3, 0.4) is 0 Å². The van der Waals surface area contributed by atoms with Crippen molar-refractivity contribution in [2.24, 2.45) is 0 Å². The molecule has 0 saturated heterocycles. The second-order valence-electron chi connectivity index (χ2n) is 4.62. The van der Waals surface area contributed by atoms with Crippen LogP contribution in [0.5, 0.6) is 0 Å². The van der Waals surface area contributed by atoms with E-state index in [1.54, 1.807) is 11.8 Å². The number of nitrogens with zero attached hydrogens (tertiary/aromatic N) is 1. The quantitative estimate of drug-likeness (QED) is 0.338. The molecule has 2 rings (SSSR count). The molecule has 0 radical (unpaired) electrons. The fourth-order valence-electron chi connectivity index (χ4n) is 1.74. The Morgan fingerprint density at radius 1 is 1.35 bits per heavy atom. The number of hydrazine groups is 1. The second-order valence-corrected chi connectivity index (χ2v) is 7.04. The zero-order valence-electron chi connectivity index (χ0n) is 12.7. The number of hydrogen-bond donors (Lipinski definition) is 4. The standard InChI is InChI=1S/C14H19N5OS3/c1-22-8-4-7-15-13(21)19-18-12(20)9-16-14-17-10-5-2-3-6-11(10)23-14/h2-3,5-6H,4,7-9H2,1H3,(H,16,17)(H,18,20)(H2,15,19,21). The van der Waals surface area contributed by atoms with Crippen molar-refractivity contribution in [1.29, 1.82) is 0 Å². The molecule has 1 amide bonds. The van der Waals surface area contributed by atoms with E-state index in [1.807, 2.05) is 24.3 Å². The highest BCUT2D eigenvalue weighted by atomic mass is 32.2. The van der Waals surface area contributed by atoms with Gasteiger partial charge in [0.15, 0.2) is 10.2 Å². The molecule has 1 aromatic heterocycles. The van der Waals surface area contributed by atoms with Crippen LogP contribution in [0.4, 0.5) is 5.13 Å². The summed E-state index contributed by atoms with van der Waals surface area (Å²) in [5, 5.41) is 7.17. The fraction of sp³-hybridized carbons (Fsp3) is 0.357. The normalized spacial score (nSPS) is 10.3. The predicted octanol–water partition coefficient (Wildman–Crippen LogP) is 1.96. The maximum Gasteiger partial charge on any atom is 0.257 e. The van der Waals surface area contributed by atoms with Crippen LogP contribution in [-0.4, -0.2) is 41.1 Å². The first-order valence-corrected chi connectivity index (χ1v) is 9.72. The average molecular weight is 370 g/mol. The van der Waals surface area contributed by atoms with Crippen molar-refractivity contribution in [1.82, 2.24) is 21.2 Å². The molecule has 6 nitrogen and oxygen atoms in total. The number of amides is 1. The van der Waals surface area contributed by atoms with Crippen LogP contribution < -0.4 is 21.5 Å². The molecule has 124 valence electrons. The van der Waals surface area contributed by atoms with Gasteiger partial charge in [0.1, 0.15) is 0 Å². The van der Waals surface area contributed by atoms with E-state index in [4.69, 9.17) is 12.2 Å². The Bertz CT molecular complexity index is 628. The molecular formula is C14H19N5OS3. The van der Waals surface area contributed by atoms with Gasteiger partial charge in [0.05, 0.1) is 16.8 Å². The largest absolute Gasteiger partial charge is 0.361 e. The van der Waals surface area contributed by atoms with E-state index in [0.29, 0.717) is 5.11 Å². The van der Waals surface area contributed by atoms with Gasteiger partial charge in [-0.25, -0.2) is 4.98 Å². The molecule has 0 spiro atoms. The third kappa shape index (κ3) is 6.20. The van der Waals surface area contributed by atoms with Crippen molar-refractivity contribution in [3.8, 4) is 0 Å². The van der Waals surface area contributed by atoms with Gasteiger partial charge in [-0.05, 0) is 42.8 Å². The number of fused-ring (bicyclic) bond motifs is 1. The van der Waals surface area contributed by atoms with E-state index in [9.17, 15) is 4.79 Å². The SMILES string of the molecule is CSCCCNC(=S)NNC(=O)CNc1nc2ccccc2s1. The summed E-state index contributed by atoms with van der Waals surface area (Å²) in [5.41, 5.74) is 6.15. The number of benzene rings is 1. The Balaban J connectivity index is 1.65. The Kier molecular flexibility index (Phi) is 7.37. The lowest BCUT2D eigenvalue weighted by Crippen LogP contribution is -2.48. The number of rotatable bonds is 7. The van der Waals surface area contributed by atoms with Gasteiger partial charge >= 0.3 is 0 Å². The van der Waals surface area contributed by atoms with Gasteiger partial charge in [0.2, 0.25) is 0 Å². The molecular weight excluding hydrogens is 350 g/mol. The van der Waals surface area contributed by atoms with E-state index in [1.165, 1.54) is 11.3 Å². The first kappa shape index (κ1) is 17.8. The minimum atomic E-state index is -0.211. The van der Waals surface area contributed by atoms with Crippen LogP contribution in [0.1, 0.15) is 6.42 Å². The number of thioether (sulfide) groups is 1. The third-order valence-corrected chi connectivity index (χ3v) is 4.76. The molecule has 0 aliphatic carbocycles. The minimum absolute atomic E-state index is 0.127. The molecule has 0 aliphatic rings. The lowest BCUT2D eigenvalue weighted by Gasteiger charge is -2.11. The summed E-state index contributed by atoms with van der Waals surface area (Å²) in [5.74, 6) is 0.867. The molecule has 0 aliphatic heterocycles. The molecule has 1 aromatic carbocycles. The van der Waals surface area contributed by atoms with Crippen LogP contribution in [0.15, 0.2) is 24.3 Å². The van der Waals surface area contributed by atoms with Crippen LogP contribution in [-0.2, 0) is 4.79 Å². The van der Waals surface area contributed by atoms with Crippen molar-refractivity contribution >= 4 is 61.7 Å². The first-order valence-electron chi connectivity index (χ1n) is 7.10. The van der Waals surface area contributed by atoms with Crippen LogP contribution in [0.2, 0.25) is 0 Å². The van der Waals surface area contributed by atoms with Crippen molar-refractivity contribution in [2.75, 3.05) is 30.4 Å². The molecule has 0 atom stereocenters. The maximum absolute atomic E-state index is 11.8. The molecule has 4 N–H and O–H groups in total. The highest BCUT2D eigenvalue weighted by molar-refractivity contribution is 7.98. The number of nitrogens with one attached hydrogen (secondary N) is 4. The summed E-state index contributed by atoms with van der Waals surface area (Å²) in [6.45, 7) is 0.911. The Hall–Kier alpha value is -1.58. The van der Waals surface area contributed by atoms with Gasteiger partial charge in [0, 0.05) is 6.54 Å². The molecule has 0 unspecified atom stereocenters. The summed E-state index contributed by atoms with van der Waals surface area (Å²) in [4.78, 5) is 16.2. The Morgan fingerprint density at radius 3 is 2.96 bits per heavy atom. The smallest absolute Gasteiger partial charge is 0.257 e. The van der Waals surface area contributed by atoms with Crippen LogP contribution in [0, 0.1) is 0 Å². The Labute approximate surface area is 148 Å². The van der Waals surface area contributed by atoms with Crippen LogP contribution >= 0.6 is 35.3 Å². The maximum atomic E-state index is 11.8.